The first-order valence-corrected chi connectivity index (χ1v) is 7.47. The Kier molecular flexibility index (Phi) is 3.68. The minimum atomic E-state index is -0.287. The van der Waals surface area contributed by atoms with Crippen LogP contribution in [-0.2, 0) is 5.88 Å². The van der Waals surface area contributed by atoms with Gasteiger partial charge in [-0.3, -0.25) is 0 Å². The molecule has 0 fully saturated rings. The molecule has 0 aliphatic heterocycles. The molecule has 2 nitrogen and oxygen atoms in total. The van der Waals surface area contributed by atoms with Crippen LogP contribution in [0.1, 0.15) is 25.5 Å². The second-order valence-electron chi connectivity index (χ2n) is 5.34. The van der Waals surface area contributed by atoms with Crippen LogP contribution in [0.4, 0.5) is 4.39 Å². The molecule has 21 heavy (non-hydrogen) atoms. The molecule has 0 amide bonds. The van der Waals surface area contributed by atoms with Crippen LogP contribution in [0.25, 0.3) is 22.4 Å². The molecule has 1 heterocycles. The van der Waals surface area contributed by atoms with E-state index >= 15 is 0 Å². The van der Waals surface area contributed by atoms with Gasteiger partial charge in [0.2, 0.25) is 0 Å². The van der Waals surface area contributed by atoms with Crippen LogP contribution >= 0.6 is 11.6 Å². The quantitative estimate of drug-likeness (QED) is 0.611. The van der Waals surface area contributed by atoms with Crippen molar-refractivity contribution in [2.24, 2.45) is 0 Å². The highest BCUT2D eigenvalue weighted by Gasteiger charge is 2.16. The molecule has 108 valence electrons. The molecule has 1 aromatic heterocycles. The van der Waals surface area contributed by atoms with Crippen molar-refractivity contribution >= 4 is 22.6 Å². The summed E-state index contributed by atoms with van der Waals surface area (Å²) in [5.41, 5.74) is 3.26. The number of halogens is 2. The highest BCUT2D eigenvalue weighted by molar-refractivity contribution is 6.17. The summed E-state index contributed by atoms with van der Waals surface area (Å²) in [4.78, 5) is 4.51. The van der Waals surface area contributed by atoms with Gasteiger partial charge in [-0.05, 0) is 31.5 Å². The number of nitrogens with zero attached hydrogens (tertiary/aromatic N) is 2. The summed E-state index contributed by atoms with van der Waals surface area (Å²) >= 11 is 5.82. The molecule has 0 spiro atoms. The SMILES string of the molecule is CC(C)n1c(-c2ccc(CCl)cc2)nc2c(F)cccc21. The fraction of sp³-hybridized carbons (Fsp3) is 0.235. The summed E-state index contributed by atoms with van der Waals surface area (Å²) < 4.78 is 16.0. The Bertz CT molecular complexity index is 775. The largest absolute Gasteiger partial charge is 0.321 e. The molecule has 3 rings (SSSR count). The third-order valence-electron chi connectivity index (χ3n) is 3.55. The van der Waals surface area contributed by atoms with E-state index in [0.717, 1.165) is 22.5 Å². The van der Waals surface area contributed by atoms with Crippen molar-refractivity contribution in [1.82, 2.24) is 9.55 Å². The van der Waals surface area contributed by atoms with Gasteiger partial charge in [-0.15, -0.1) is 11.6 Å². The van der Waals surface area contributed by atoms with Gasteiger partial charge in [0, 0.05) is 17.5 Å². The van der Waals surface area contributed by atoms with Gasteiger partial charge in [-0.2, -0.15) is 0 Å². The van der Waals surface area contributed by atoms with Crippen molar-refractivity contribution in [3.05, 3.63) is 53.8 Å². The van der Waals surface area contributed by atoms with Crippen LogP contribution in [0.2, 0.25) is 0 Å². The molecule has 0 radical (unpaired) electrons. The lowest BCUT2D eigenvalue weighted by Gasteiger charge is -2.13. The number of rotatable bonds is 3. The predicted octanol–water partition coefficient (Wildman–Crippen LogP) is 5.16. The maximum Gasteiger partial charge on any atom is 0.151 e. The first-order chi connectivity index (χ1) is 10.1. The first-order valence-electron chi connectivity index (χ1n) is 6.93. The highest BCUT2D eigenvalue weighted by atomic mass is 35.5. The molecule has 0 atom stereocenters. The Hall–Kier alpha value is -1.87. The minimum Gasteiger partial charge on any atom is -0.321 e. The van der Waals surface area contributed by atoms with Gasteiger partial charge in [0.25, 0.3) is 0 Å². The number of para-hydroxylation sites is 1. The topological polar surface area (TPSA) is 17.8 Å². The molecule has 2 aromatic carbocycles. The Morgan fingerprint density at radius 1 is 1.14 bits per heavy atom. The molecule has 0 N–H and O–H groups in total. The van der Waals surface area contributed by atoms with Crippen LogP contribution in [0.3, 0.4) is 0 Å². The van der Waals surface area contributed by atoms with E-state index in [9.17, 15) is 4.39 Å². The standard InChI is InChI=1S/C17H16ClFN2/c1-11(2)21-15-5-3-4-14(19)16(15)20-17(21)13-8-6-12(10-18)7-9-13/h3-9,11H,10H2,1-2H3. The number of benzene rings is 2. The van der Waals surface area contributed by atoms with Gasteiger partial charge in [-0.1, -0.05) is 30.3 Å². The molecule has 0 bridgehead atoms. The van der Waals surface area contributed by atoms with Gasteiger partial charge in [0.1, 0.15) is 11.3 Å². The maximum absolute atomic E-state index is 14.0. The van der Waals surface area contributed by atoms with E-state index < -0.39 is 0 Å². The van der Waals surface area contributed by atoms with E-state index in [4.69, 9.17) is 11.6 Å². The van der Waals surface area contributed by atoms with Crippen LogP contribution < -0.4 is 0 Å². The Morgan fingerprint density at radius 2 is 1.86 bits per heavy atom. The summed E-state index contributed by atoms with van der Waals surface area (Å²) in [6, 6.07) is 13.2. The molecule has 0 unspecified atom stereocenters. The van der Waals surface area contributed by atoms with Crippen molar-refractivity contribution in [2.45, 2.75) is 25.8 Å². The lowest BCUT2D eigenvalue weighted by atomic mass is 10.1. The zero-order chi connectivity index (χ0) is 15.0. The zero-order valence-electron chi connectivity index (χ0n) is 12.0. The molecule has 0 saturated carbocycles. The third-order valence-corrected chi connectivity index (χ3v) is 3.86. The number of imidazole rings is 1. The summed E-state index contributed by atoms with van der Waals surface area (Å²) in [6.07, 6.45) is 0. The lowest BCUT2D eigenvalue weighted by molar-refractivity contribution is 0.623. The number of aromatic nitrogens is 2. The van der Waals surface area contributed by atoms with Crippen molar-refractivity contribution in [3.8, 4) is 11.4 Å². The van der Waals surface area contributed by atoms with Crippen LogP contribution in [0, 0.1) is 5.82 Å². The van der Waals surface area contributed by atoms with E-state index in [1.54, 1.807) is 6.07 Å². The van der Waals surface area contributed by atoms with E-state index in [-0.39, 0.29) is 11.9 Å². The monoisotopic (exact) mass is 302 g/mol. The van der Waals surface area contributed by atoms with Gasteiger partial charge in [0.05, 0.1) is 5.52 Å². The second-order valence-corrected chi connectivity index (χ2v) is 5.60. The van der Waals surface area contributed by atoms with E-state index in [1.165, 1.54) is 6.07 Å². The van der Waals surface area contributed by atoms with Gasteiger partial charge in [0.15, 0.2) is 5.82 Å². The number of hydrogen-bond donors (Lipinski definition) is 0. The van der Waals surface area contributed by atoms with Crippen LogP contribution in [-0.4, -0.2) is 9.55 Å². The third kappa shape index (κ3) is 2.42. The van der Waals surface area contributed by atoms with Crippen molar-refractivity contribution in [1.29, 1.82) is 0 Å². The smallest absolute Gasteiger partial charge is 0.151 e. The summed E-state index contributed by atoms with van der Waals surface area (Å²) in [7, 11) is 0. The molecule has 0 aliphatic carbocycles. The number of fused-ring (bicyclic) bond motifs is 1. The lowest BCUT2D eigenvalue weighted by Crippen LogP contribution is -2.03. The fourth-order valence-electron chi connectivity index (χ4n) is 2.55. The average molecular weight is 303 g/mol. The summed E-state index contributed by atoms with van der Waals surface area (Å²) in [6.45, 7) is 4.14. The molecule has 3 aromatic rings. The Balaban J connectivity index is 2.25. The summed E-state index contributed by atoms with van der Waals surface area (Å²) in [5, 5.41) is 0. The molecule has 0 saturated heterocycles. The van der Waals surface area contributed by atoms with Gasteiger partial charge < -0.3 is 4.57 Å². The fourth-order valence-corrected chi connectivity index (χ4v) is 2.73. The van der Waals surface area contributed by atoms with Crippen molar-refractivity contribution < 1.29 is 4.39 Å². The summed E-state index contributed by atoms with van der Waals surface area (Å²) in [5.74, 6) is 0.979. The Labute approximate surface area is 128 Å². The average Bonchev–Trinajstić information content (AvgIpc) is 2.88. The molecule has 0 aliphatic rings. The molecular weight excluding hydrogens is 287 g/mol. The normalized spacial score (nSPS) is 11.5. The van der Waals surface area contributed by atoms with E-state index in [0.29, 0.717) is 11.4 Å². The second kappa shape index (κ2) is 5.49. The van der Waals surface area contributed by atoms with Gasteiger partial charge in [-0.25, -0.2) is 9.37 Å². The zero-order valence-corrected chi connectivity index (χ0v) is 12.7. The van der Waals surface area contributed by atoms with Crippen molar-refractivity contribution in [3.63, 3.8) is 0 Å². The van der Waals surface area contributed by atoms with E-state index in [2.05, 4.69) is 23.4 Å². The number of alkyl halides is 1. The predicted molar refractivity (Wildman–Crippen MR) is 85.1 cm³/mol. The Morgan fingerprint density at radius 3 is 2.48 bits per heavy atom. The first kappa shape index (κ1) is 14.1. The minimum absolute atomic E-state index is 0.194. The molecular formula is C17H16ClFN2. The molecule has 4 heteroatoms. The highest BCUT2D eigenvalue weighted by Crippen LogP contribution is 2.29. The number of hydrogen-bond acceptors (Lipinski definition) is 1. The van der Waals surface area contributed by atoms with Crippen molar-refractivity contribution in [2.75, 3.05) is 0 Å². The van der Waals surface area contributed by atoms with Crippen LogP contribution in [0.15, 0.2) is 42.5 Å². The van der Waals surface area contributed by atoms with E-state index in [1.807, 2.05) is 30.3 Å². The maximum atomic E-state index is 14.0. The van der Waals surface area contributed by atoms with Crippen LogP contribution in [0.5, 0.6) is 0 Å². The van der Waals surface area contributed by atoms with Gasteiger partial charge >= 0.3 is 0 Å².